The van der Waals surface area contributed by atoms with E-state index < -0.39 is 0 Å². The Bertz CT molecular complexity index is 558. The number of nitrogens with one attached hydrogen (secondary N) is 1. The molecule has 0 spiro atoms. The molecule has 0 atom stereocenters. The van der Waals surface area contributed by atoms with Gasteiger partial charge < -0.3 is 10.1 Å². The van der Waals surface area contributed by atoms with Gasteiger partial charge in [0, 0.05) is 17.5 Å². The molecule has 1 heterocycles. The molecule has 0 unspecified atom stereocenters. The van der Waals surface area contributed by atoms with Gasteiger partial charge in [0.2, 0.25) is 0 Å². The fourth-order valence-corrected chi connectivity index (χ4v) is 2.56. The van der Waals surface area contributed by atoms with Crippen molar-refractivity contribution in [1.29, 1.82) is 0 Å². The van der Waals surface area contributed by atoms with Gasteiger partial charge in [0.05, 0.1) is 7.11 Å². The van der Waals surface area contributed by atoms with Gasteiger partial charge in [-0.3, -0.25) is 0 Å². The van der Waals surface area contributed by atoms with E-state index in [1.807, 2.05) is 37.3 Å². The third-order valence-electron chi connectivity index (χ3n) is 2.65. The number of aromatic nitrogens is 2. The van der Waals surface area contributed by atoms with E-state index in [1.165, 1.54) is 0 Å². The van der Waals surface area contributed by atoms with Crippen molar-refractivity contribution in [3.05, 3.63) is 36.2 Å². The summed E-state index contributed by atoms with van der Waals surface area (Å²) in [6.07, 6.45) is 1.07. The molecule has 0 aliphatic rings. The second-order valence-electron chi connectivity index (χ2n) is 4.34. The highest BCUT2D eigenvalue weighted by Crippen LogP contribution is 2.28. The second-order valence-corrected chi connectivity index (χ2v) is 5.44. The smallest absolute Gasteiger partial charge is 0.130 e. The van der Waals surface area contributed by atoms with Crippen LogP contribution < -0.4 is 10.1 Å². The normalized spacial score (nSPS) is 10.3. The van der Waals surface area contributed by atoms with Gasteiger partial charge in [-0.2, -0.15) is 0 Å². The first kappa shape index (κ1) is 14.7. The fraction of sp³-hybridized carbons (Fsp3) is 0.333. The lowest BCUT2D eigenvalue weighted by molar-refractivity contribution is 0.414. The van der Waals surface area contributed by atoms with Crippen molar-refractivity contribution < 1.29 is 4.74 Å². The molecule has 0 fully saturated rings. The molecular weight excluding hydrogens is 270 g/mol. The minimum absolute atomic E-state index is 0.780. The van der Waals surface area contributed by atoms with Crippen molar-refractivity contribution in [3.8, 4) is 5.75 Å². The summed E-state index contributed by atoms with van der Waals surface area (Å²) >= 11 is 1.62. The summed E-state index contributed by atoms with van der Waals surface area (Å²) in [7, 11) is 1.67. The Balaban J connectivity index is 2.12. The standard InChI is InChI=1S/C15H19N3OS/c1-4-9-16-14-10-15(18-11(2)17-14)20-13-7-5-12(19-3)6-8-13/h5-8,10H,4,9H2,1-3H3,(H,16,17,18). The third kappa shape index (κ3) is 4.13. The van der Waals surface area contributed by atoms with E-state index in [9.17, 15) is 0 Å². The molecule has 0 bridgehead atoms. The average Bonchev–Trinajstić information content (AvgIpc) is 2.45. The largest absolute Gasteiger partial charge is 0.497 e. The maximum absolute atomic E-state index is 5.16. The van der Waals surface area contributed by atoms with Gasteiger partial charge in [0.25, 0.3) is 0 Å². The Morgan fingerprint density at radius 2 is 1.95 bits per heavy atom. The quantitative estimate of drug-likeness (QED) is 0.820. The van der Waals surface area contributed by atoms with Crippen molar-refractivity contribution >= 4 is 17.6 Å². The van der Waals surface area contributed by atoms with E-state index in [4.69, 9.17) is 4.74 Å². The van der Waals surface area contributed by atoms with Crippen LogP contribution in [0.3, 0.4) is 0 Å². The number of rotatable bonds is 6. The van der Waals surface area contributed by atoms with Crippen molar-refractivity contribution in [2.75, 3.05) is 19.0 Å². The summed E-state index contributed by atoms with van der Waals surface area (Å²) in [5.41, 5.74) is 0. The van der Waals surface area contributed by atoms with Crippen LogP contribution in [-0.4, -0.2) is 23.6 Å². The molecule has 20 heavy (non-hydrogen) atoms. The van der Waals surface area contributed by atoms with Crippen LogP contribution in [-0.2, 0) is 0 Å². The van der Waals surface area contributed by atoms with E-state index in [-0.39, 0.29) is 0 Å². The topological polar surface area (TPSA) is 47.0 Å². The van der Waals surface area contributed by atoms with Crippen LogP contribution in [0.25, 0.3) is 0 Å². The van der Waals surface area contributed by atoms with Crippen LogP contribution in [0.1, 0.15) is 19.2 Å². The first-order valence-corrected chi connectivity index (χ1v) is 7.44. The molecule has 106 valence electrons. The Kier molecular flexibility index (Phi) is 5.24. The van der Waals surface area contributed by atoms with Crippen LogP contribution in [0, 0.1) is 6.92 Å². The van der Waals surface area contributed by atoms with E-state index in [0.29, 0.717) is 0 Å². The molecule has 0 saturated carbocycles. The molecule has 0 radical (unpaired) electrons. The molecule has 2 rings (SSSR count). The molecule has 1 aromatic heterocycles. The lowest BCUT2D eigenvalue weighted by atomic mass is 10.3. The first-order chi connectivity index (χ1) is 9.71. The minimum Gasteiger partial charge on any atom is -0.497 e. The van der Waals surface area contributed by atoms with Gasteiger partial charge >= 0.3 is 0 Å². The molecule has 5 heteroatoms. The highest BCUT2D eigenvalue weighted by molar-refractivity contribution is 7.99. The summed E-state index contributed by atoms with van der Waals surface area (Å²) in [6, 6.07) is 9.94. The van der Waals surface area contributed by atoms with Gasteiger partial charge in [-0.15, -0.1) is 0 Å². The van der Waals surface area contributed by atoms with Crippen LogP contribution in [0.15, 0.2) is 40.3 Å². The Morgan fingerprint density at radius 1 is 1.20 bits per heavy atom. The number of methoxy groups -OCH3 is 1. The van der Waals surface area contributed by atoms with Crippen LogP contribution >= 0.6 is 11.8 Å². The molecule has 4 nitrogen and oxygen atoms in total. The number of benzene rings is 1. The fourth-order valence-electron chi connectivity index (χ4n) is 1.70. The van der Waals surface area contributed by atoms with Gasteiger partial charge in [-0.05, 0) is 37.6 Å². The summed E-state index contributed by atoms with van der Waals surface area (Å²) in [4.78, 5) is 9.98. The number of aryl methyl sites for hydroxylation is 1. The zero-order valence-electron chi connectivity index (χ0n) is 12.0. The van der Waals surface area contributed by atoms with Crippen molar-refractivity contribution in [2.45, 2.75) is 30.2 Å². The van der Waals surface area contributed by atoms with Gasteiger partial charge in [-0.25, -0.2) is 9.97 Å². The molecule has 2 aromatic rings. The van der Waals surface area contributed by atoms with E-state index >= 15 is 0 Å². The number of nitrogens with zero attached hydrogens (tertiary/aromatic N) is 2. The number of hydrogen-bond acceptors (Lipinski definition) is 5. The molecule has 1 aromatic carbocycles. The molecule has 0 aliphatic carbocycles. The molecule has 1 N–H and O–H groups in total. The minimum atomic E-state index is 0.780. The lowest BCUT2D eigenvalue weighted by Crippen LogP contribution is -2.04. The Labute approximate surface area is 124 Å². The number of anilines is 1. The van der Waals surface area contributed by atoms with Crippen LogP contribution in [0.4, 0.5) is 5.82 Å². The highest BCUT2D eigenvalue weighted by Gasteiger charge is 2.04. The van der Waals surface area contributed by atoms with Crippen LogP contribution in [0.2, 0.25) is 0 Å². The zero-order valence-corrected chi connectivity index (χ0v) is 12.8. The third-order valence-corrected chi connectivity index (χ3v) is 3.58. The summed E-state index contributed by atoms with van der Waals surface area (Å²) in [5.74, 6) is 2.52. The first-order valence-electron chi connectivity index (χ1n) is 6.62. The predicted molar refractivity (Wildman–Crippen MR) is 82.7 cm³/mol. The zero-order chi connectivity index (χ0) is 14.4. The van der Waals surface area contributed by atoms with E-state index in [1.54, 1.807) is 18.9 Å². The van der Waals surface area contributed by atoms with Gasteiger partial charge in [-0.1, -0.05) is 18.7 Å². The molecule has 0 aliphatic heterocycles. The Hall–Kier alpha value is -1.75. The predicted octanol–water partition coefficient (Wildman–Crippen LogP) is 3.77. The molecule has 0 saturated heterocycles. The second kappa shape index (κ2) is 7.14. The lowest BCUT2D eigenvalue weighted by Gasteiger charge is -2.08. The van der Waals surface area contributed by atoms with Crippen molar-refractivity contribution in [1.82, 2.24) is 9.97 Å². The SMILES string of the molecule is CCCNc1cc(Sc2ccc(OC)cc2)nc(C)n1. The van der Waals surface area contributed by atoms with Crippen LogP contribution in [0.5, 0.6) is 5.75 Å². The number of hydrogen-bond donors (Lipinski definition) is 1. The Morgan fingerprint density at radius 3 is 2.60 bits per heavy atom. The highest BCUT2D eigenvalue weighted by atomic mass is 32.2. The van der Waals surface area contributed by atoms with Gasteiger partial charge in [0.1, 0.15) is 22.4 Å². The van der Waals surface area contributed by atoms with Crippen molar-refractivity contribution in [3.63, 3.8) is 0 Å². The molecular formula is C15H19N3OS. The van der Waals surface area contributed by atoms with E-state index in [0.717, 1.165) is 40.3 Å². The summed E-state index contributed by atoms with van der Waals surface area (Å²) in [6.45, 7) is 4.96. The van der Waals surface area contributed by atoms with E-state index in [2.05, 4.69) is 22.2 Å². The maximum atomic E-state index is 5.16. The average molecular weight is 289 g/mol. The van der Waals surface area contributed by atoms with Crippen molar-refractivity contribution in [2.24, 2.45) is 0 Å². The molecule has 0 amide bonds. The van der Waals surface area contributed by atoms with Gasteiger partial charge in [0.15, 0.2) is 0 Å². The number of ether oxygens (including phenoxy) is 1. The summed E-state index contributed by atoms with van der Waals surface area (Å²) < 4.78 is 5.16. The maximum Gasteiger partial charge on any atom is 0.130 e. The summed E-state index contributed by atoms with van der Waals surface area (Å²) in [5, 5.41) is 4.24. The monoisotopic (exact) mass is 289 g/mol.